The molecule has 1 saturated carbocycles. The lowest BCUT2D eigenvalue weighted by Crippen LogP contribution is -2.48. The number of carboxylic acid groups (broad SMARTS) is 1. The number of aliphatic carboxylic acids is 1. The lowest BCUT2D eigenvalue weighted by Gasteiger charge is -2.37. The molecule has 4 nitrogen and oxygen atoms in total. The number of carboxylic acids is 1. The van der Waals surface area contributed by atoms with E-state index in [4.69, 9.17) is 0 Å². The van der Waals surface area contributed by atoms with Crippen molar-refractivity contribution in [2.75, 3.05) is 6.54 Å². The summed E-state index contributed by atoms with van der Waals surface area (Å²) < 4.78 is 0. The fraction of sp³-hybridized carbons (Fsp3) is 0.500. The molecule has 0 bridgehead atoms. The van der Waals surface area contributed by atoms with E-state index >= 15 is 0 Å². The molecule has 0 saturated heterocycles. The predicted molar refractivity (Wildman–Crippen MR) is 76.4 cm³/mol. The molecule has 1 aliphatic carbocycles. The van der Waals surface area contributed by atoms with Crippen LogP contribution >= 0.6 is 0 Å². The Labute approximate surface area is 119 Å². The Balaban J connectivity index is 1.98. The van der Waals surface area contributed by atoms with Gasteiger partial charge in [-0.2, -0.15) is 0 Å². The zero-order chi connectivity index (χ0) is 14.6. The van der Waals surface area contributed by atoms with Crippen LogP contribution in [0, 0.1) is 5.41 Å². The number of amides is 1. The van der Waals surface area contributed by atoms with E-state index in [1.165, 1.54) is 0 Å². The highest BCUT2D eigenvalue weighted by atomic mass is 16.4. The maximum atomic E-state index is 12.3. The second-order valence-corrected chi connectivity index (χ2v) is 5.53. The number of nitrogens with one attached hydrogen (secondary N) is 1. The quantitative estimate of drug-likeness (QED) is 0.838. The van der Waals surface area contributed by atoms with Crippen molar-refractivity contribution in [3.63, 3.8) is 0 Å². The number of hydrogen-bond donors (Lipinski definition) is 2. The molecule has 1 aromatic rings. The first kappa shape index (κ1) is 14.6. The van der Waals surface area contributed by atoms with E-state index in [1.54, 1.807) is 0 Å². The molecule has 1 aromatic carbocycles. The van der Waals surface area contributed by atoms with Crippen molar-refractivity contribution in [3.05, 3.63) is 35.9 Å². The van der Waals surface area contributed by atoms with E-state index in [0.717, 1.165) is 12.0 Å². The lowest BCUT2D eigenvalue weighted by molar-refractivity contribution is -0.154. The average molecular weight is 275 g/mol. The van der Waals surface area contributed by atoms with Crippen LogP contribution in [0.5, 0.6) is 0 Å². The molecule has 2 rings (SSSR count). The number of carbonyl (C=O) groups excluding carboxylic acids is 1. The second kappa shape index (κ2) is 6.07. The highest BCUT2D eigenvalue weighted by Gasteiger charge is 2.44. The van der Waals surface area contributed by atoms with Gasteiger partial charge in [0.25, 0.3) is 0 Å². The predicted octanol–water partition coefficient (Wildman–Crippen LogP) is 2.55. The van der Waals surface area contributed by atoms with E-state index in [9.17, 15) is 14.7 Å². The smallest absolute Gasteiger partial charge is 0.311 e. The number of benzene rings is 1. The summed E-state index contributed by atoms with van der Waals surface area (Å²) in [6, 6.07) is 9.61. The molecule has 4 heteroatoms. The molecule has 0 spiro atoms. The van der Waals surface area contributed by atoms with Gasteiger partial charge in [0.1, 0.15) is 0 Å². The van der Waals surface area contributed by atoms with Crippen molar-refractivity contribution in [3.8, 4) is 0 Å². The van der Waals surface area contributed by atoms with Crippen LogP contribution in [0.4, 0.5) is 0 Å². The van der Waals surface area contributed by atoms with Gasteiger partial charge in [0.05, 0.1) is 11.3 Å². The molecule has 0 heterocycles. The Morgan fingerprint density at radius 2 is 1.95 bits per heavy atom. The van der Waals surface area contributed by atoms with Gasteiger partial charge in [-0.1, -0.05) is 43.7 Å². The summed E-state index contributed by atoms with van der Waals surface area (Å²) >= 11 is 0. The minimum Gasteiger partial charge on any atom is -0.481 e. The van der Waals surface area contributed by atoms with Crippen LogP contribution in [-0.2, 0) is 9.59 Å². The first-order valence-electron chi connectivity index (χ1n) is 7.15. The fourth-order valence-corrected chi connectivity index (χ4v) is 2.71. The van der Waals surface area contributed by atoms with Gasteiger partial charge in [0.15, 0.2) is 0 Å². The molecule has 1 atom stereocenters. The van der Waals surface area contributed by atoms with Crippen molar-refractivity contribution in [2.45, 2.75) is 38.5 Å². The summed E-state index contributed by atoms with van der Waals surface area (Å²) in [7, 11) is 0. The van der Waals surface area contributed by atoms with Gasteiger partial charge in [0.2, 0.25) is 5.91 Å². The van der Waals surface area contributed by atoms with Crippen LogP contribution in [-0.4, -0.2) is 23.5 Å². The summed E-state index contributed by atoms with van der Waals surface area (Å²) in [6.45, 7) is 2.21. The molecular formula is C16H21NO3. The number of rotatable bonds is 6. The van der Waals surface area contributed by atoms with Crippen LogP contribution in [0.15, 0.2) is 30.3 Å². The normalized spacial score (nSPS) is 17.9. The molecule has 1 fully saturated rings. The zero-order valence-electron chi connectivity index (χ0n) is 11.8. The highest BCUT2D eigenvalue weighted by Crippen LogP contribution is 2.40. The van der Waals surface area contributed by atoms with Crippen molar-refractivity contribution in [1.82, 2.24) is 5.32 Å². The average Bonchev–Trinajstić information content (AvgIpc) is 2.39. The third-order valence-electron chi connectivity index (χ3n) is 4.29. The monoisotopic (exact) mass is 275 g/mol. The number of carbonyl (C=O) groups is 2. The molecule has 108 valence electrons. The topological polar surface area (TPSA) is 66.4 Å². The van der Waals surface area contributed by atoms with Crippen LogP contribution in [0.2, 0.25) is 0 Å². The Hall–Kier alpha value is -1.84. The molecule has 2 N–H and O–H groups in total. The molecule has 0 aliphatic heterocycles. The van der Waals surface area contributed by atoms with E-state index in [0.29, 0.717) is 19.3 Å². The maximum absolute atomic E-state index is 12.3. The van der Waals surface area contributed by atoms with E-state index in [1.807, 2.05) is 37.3 Å². The van der Waals surface area contributed by atoms with Gasteiger partial charge in [-0.05, 0) is 24.8 Å². The molecule has 0 aromatic heterocycles. The van der Waals surface area contributed by atoms with Gasteiger partial charge in [-0.15, -0.1) is 0 Å². The van der Waals surface area contributed by atoms with Crippen LogP contribution < -0.4 is 5.32 Å². The molecular weight excluding hydrogens is 254 g/mol. The van der Waals surface area contributed by atoms with Crippen molar-refractivity contribution < 1.29 is 14.7 Å². The van der Waals surface area contributed by atoms with E-state index < -0.39 is 11.4 Å². The van der Waals surface area contributed by atoms with Gasteiger partial charge >= 0.3 is 5.97 Å². The summed E-state index contributed by atoms with van der Waals surface area (Å²) in [6.07, 6.45) is 2.95. The van der Waals surface area contributed by atoms with Gasteiger partial charge in [0, 0.05) is 6.54 Å². The van der Waals surface area contributed by atoms with E-state index in [2.05, 4.69) is 5.32 Å². The third-order valence-corrected chi connectivity index (χ3v) is 4.29. The molecule has 1 amide bonds. The maximum Gasteiger partial charge on any atom is 0.311 e. The van der Waals surface area contributed by atoms with Crippen LogP contribution in [0.25, 0.3) is 0 Å². The first-order chi connectivity index (χ1) is 9.59. The number of hydrogen-bond acceptors (Lipinski definition) is 2. The minimum atomic E-state index is -0.795. The van der Waals surface area contributed by atoms with Crippen molar-refractivity contribution in [2.24, 2.45) is 5.41 Å². The summed E-state index contributed by atoms with van der Waals surface area (Å²) in [5.74, 6) is -1.08. The van der Waals surface area contributed by atoms with Crippen LogP contribution in [0.3, 0.4) is 0 Å². The fourth-order valence-electron chi connectivity index (χ4n) is 2.71. The standard InChI is InChI=1S/C16H21NO3/c1-2-13(12-7-4-3-5-8-12)14(18)17-11-16(15(19)20)9-6-10-16/h3-5,7-8,13H,2,6,9-11H2,1H3,(H,17,18)(H,19,20). The van der Waals surface area contributed by atoms with E-state index in [-0.39, 0.29) is 18.4 Å². The second-order valence-electron chi connectivity index (χ2n) is 5.53. The summed E-state index contributed by atoms with van der Waals surface area (Å²) in [4.78, 5) is 23.6. The highest BCUT2D eigenvalue weighted by molar-refractivity contribution is 5.84. The SMILES string of the molecule is CCC(C(=O)NCC1(C(=O)O)CCC1)c1ccccc1. The minimum absolute atomic E-state index is 0.0776. The summed E-state index contributed by atoms with van der Waals surface area (Å²) in [5, 5.41) is 12.1. The third kappa shape index (κ3) is 2.84. The molecule has 20 heavy (non-hydrogen) atoms. The Kier molecular flexibility index (Phi) is 4.42. The molecule has 1 aliphatic rings. The van der Waals surface area contributed by atoms with Gasteiger partial charge in [-0.3, -0.25) is 9.59 Å². The van der Waals surface area contributed by atoms with Gasteiger partial charge in [-0.25, -0.2) is 0 Å². The largest absolute Gasteiger partial charge is 0.481 e. The van der Waals surface area contributed by atoms with Crippen molar-refractivity contribution in [1.29, 1.82) is 0 Å². The first-order valence-corrected chi connectivity index (χ1v) is 7.15. The molecule has 0 radical (unpaired) electrons. The Morgan fingerprint density at radius 3 is 2.40 bits per heavy atom. The molecule has 1 unspecified atom stereocenters. The summed E-state index contributed by atoms with van der Waals surface area (Å²) in [5.41, 5.74) is 0.246. The van der Waals surface area contributed by atoms with Crippen LogP contribution in [0.1, 0.15) is 44.1 Å². The lowest BCUT2D eigenvalue weighted by atomic mass is 9.68. The van der Waals surface area contributed by atoms with Gasteiger partial charge < -0.3 is 10.4 Å². The Bertz CT molecular complexity index is 480. The zero-order valence-corrected chi connectivity index (χ0v) is 11.8. The van der Waals surface area contributed by atoms with Crippen molar-refractivity contribution >= 4 is 11.9 Å². The Morgan fingerprint density at radius 1 is 1.30 bits per heavy atom.